The van der Waals surface area contributed by atoms with Crippen LogP contribution in [0.4, 0.5) is 0 Å². The van der Waals surface area contributed by atoms with Gasteiger partial charge in [0.15, 0.2) is 5.69 Å². The number of H-pyrrole nitrogens is 1. The summed E-state index contributed by atoms with van der Waals surface area (Å²) in [7, 11) is 0. The number of nitrogens with zero attached hydrogens (tertiary/aromatic N) is 2. The van der Waals surface area contributed by atoms with Crippen molar-refractivity contribution < 1.29 is 14.3 Å². The van der Waals surface area contributed by atoms with Gasteiger partial charge in [0.25, 0.3) is 5.91 Å². The monoisotopic (exact) mass is 342 g/mol. The standard InChI is InChI=1S/C16H11ClN4O3/c17-12-4-2-1-3-11(12)16(23)24-10-7-5-9(6-8-10)13-14(15(18)22)20-21-19-13/h1-8H,(H2,18,22)(H,19,20,21). The molecule has 0 saturated heterocycles. The highest BCUT2D eigenvalue weighted by Crippen LogP contribution is 2.24. The van der Waals surface area contributed by atoms with Gasteiger partial charge in [0, 0.05) is 5.56 Å². The van der Waals surface area contributed by atoms with E-state index in [1.54, 1.807) is 48.5 Å². The summed E-state index contributed by atoms with van der Waals surface area (Å²) in [5.41, 5.74) is 6.47. The number of aromatic amines is 1. The fraction of sp³-hybridized carbons (Fsp3) is 0. The van der Waals surface area contributed by atoms with E-state index in [1.807, 2.05) is 0 Å². The predicted octanol–water partition coefficient (Wildman–Crippen LogP) is 2.44. The van der Waals surface area contributed by atoms with Gasteiger partial charge in [-0.25, -0.2) is 4.79 Å². The molecule has 0 fully saturated rings. The van der Waals surface area contributed by atoms with Crippen LogP contribution in [0.5, 0.6) is 5.75 Å². The van der Waals surface area contributed by atoms with Crippen LogP contribution in [0.15, 0.2) is 48.5 Å². The fourth-order valence-electron chi connectivity index (χ4n) is 2.07. The Morgan fingerprint density at radius 2 is 1.75 bits per heavy atom. The van der Waals surface area contributed by atoms with E-state index < -0.39 is 11.9 Å². The minimum Gasteiger partial charge on any atom is -0.423 e. The zero-order valence-corrected chi connectivity index (χ0v) is 12.9. The lowest BCUT2D eigenvalue weighted by Crippen LogP contribution is -2.12. The van der Waals surface area contributed by atoms with Crippen LogP contribution in [0.3, 0.4) is 0 Å². The van der Waals surface area contributed by atoms with Crippen molar-refractivity contribution in [1.29, 1.82) is 0 Å². The number of ether oxygens (including phenoxy) is 1. The van der Waals surface area contributed by atoms with Gasteiger partial charge in [-0.2, -0.15) is 15.4 Å². The maximum absolute atomic E-state index is 12.1. The molecule has 0 aliphatic carbocycles. The number of nitrogens with two attached hydrogens (primary N) is 1. The molecule has 24 heavy (non-hydrogen) atoms. The van der Waals surface area contributed by atoms with Crippen LogP contribution in [0.2, 0.25) is 5.02 Å². The number of aromatic nitrogens is 3. The lowest BCUT2D eigenvalue weighted by molar-refractivity contribution is 0.0734. The van der Waals surface area contributed by atoms with Gasteiger partial charge < -0.3 is 10.5 Å². The molecule has 1 amide bonds. The number of hydrogen-bond donors (Lipinski definition) is 2. The van der Waals surface area contributed by atoms with Crippen LogP contribution in [0.1, 0.15) is 20.8 Å². The predicted molar refractivity (Wildman–Crippen MR) is 86.7 cm³/mol. The third-order valence-electron chi connectivity index (χ3n) is 3.21. The number of carbonyl (C=O) groups excluding carboxylic acids is 2. The first-order valence-corrected chi connectivity index (χ1v) is 7.22. The molecule has 0 spiro atoms. The topological polar surface area (TPSA) is 111 Å². The number of halogens is 1. The third-order valence-corrected chi connectivity index (χ3v) is 3.54. The fourth-order valence-corrected chi connectivity index (χ4v) is 2.29. The summed E-state index contributed by atoms with van der Waals surface area (Å²) in [6, 6.07) is 13.0. The van der Waals surface area contributed by atoms with Crippen molar-refractivity contribution in [1.82, 2.24) is 15.4 Å². The Hall–Kier alpha value is -3.19. The van der Waals surface area contributed by atoms with E-state index in [0.29, 0.717) is 22.0 Å². The normalized spacial score (nSPS) is 10.4. The second kappa shape index (κ2) is 6.51. The summed E-state index contributed by atoms with van der Waals surface area (Å²) < 4.78 is 5.27. The second-order valence-electron chi connectivity index (χ2n) is 4.78. The average molecular weight is 343 g/mol. The molecule has 3 aromatic rings. The van der Waals surface area contributed by atoms with Gasteiger partial charge in [-0.05, 0) is 36.4 Å². The van der Waals surface area contributed by atoms with Gasteiger partial charge in [-0.1, -0.05) is 23.7 Å². The molecule has 0 unspecified atom stereocenters. The van der Waals surface area contributed by atoms with Crippen molar-refractivity contribution in [2.75, 3.05) is 0 Å². The number of esters is 1. The van der Waals surface area contributed by atoms with Gasteiger partial charge in [0.1, 0.15) is 11.4 Å². The van der Waals surface area contributed by atoms with Crippen molar-refractivity contribution in [2.24, 2.45) is 5.73 Å². The molecule has 7 nitrogen and oxygen atoms in total. The molecule has 0 atom stereocenters. The van der Waals surface area contributed by atoms with E-state index in [9.17, 15) is 9.59 Å². The Balaban J connectivity index is 1.80. The summed E-state index contributed by atoms with van der Waals surface area (Å²) >= 11 is 5.96. The minimum atomic E-state index is -0.687. The largest absolute Gasteiger partial charge is 0.423 e. The molecule has 8 heteroatoms. The van der Waals surface area contributed by atoms with E-state index in [0.717, 1.165) is 0 Å². The zero-order valence-electron chi connectivity index (χ0n) is 12.2. The van der Waals surface area contributed by atoms with Crippen molar-refractivity contribution in [3.8, 4) is 17.0 Å². The first kappa shape index (κ1) is 15.7. The molecule has 1 heterocycles. The van der Waals surface area contributed by atoms with Crippen molar-refractivity contribution in [3.05, 3.63) is 64.8 Å². The Morgan fingerprint density at radius 3 is 2.42 bits per heavy atom. The molecular formula is C16H11ClN4O3. The number of carbonyl (C=O) groups is 2. The maximum atomic E-state index is 12.1. The summed E-state index contributed by atoms with van der Waals surface area (Å²) in [6.07, 6.45) is 0. The molecule has 0 bridgehead atoms. The highest BCUT2D eigenvalue weighted by molar-refractivity contribution is 6.33. The summed E-state index contributed by atoms with van der Waals surface area (Å²) in [4.78, 5) is 23.4. The SMILES string of the molecule is NC(=O)c1n[nH]nc1-c1ccc(OC(=O)c2ccccc2Cl)cc1. The van der Waals surface area contributed by atoms with Gasteiger partial charge in [0.2, 0.25) is 0 Å². The quantitative estimate of drug-likeness (QED) is 0.558. The Kier molecular flexibility index (Phi) is 4.26. The van der Waals surface area contributed by atoms with Crippen molar-refractivity contribution in [3.63, 3.8) is 0 Å². The minimum absolute atomic E-state index is 0.0378. The Bertz CT molecular complexity index is 906. The van der Waals surface area contributed by atoms with Crippen LogP contribution in [0, 0.1) is 0 Å². The van der Waals surface area contributed by atoms with Gasteiger partial charge >= 0.3 is 5.97 Å². The Morgan fingerprint density at radius 1 is 1.04 bits per heavy atom. The van der Waals surface area contributed by atoms with E-state index in [1.165, 1.54) is 0 Å². The van der Waals surface area contributed by atoms with Crippen LogP contribution < -0.4 is 10.5 Å². The molecule has 1 aromatic heterocycles. The maximum Gasteiger partial charge on any atom is 0.345 e. The summed E-state index contributed by atoms with van der Waals surface area (Å²) in [5, 5.41) is 10.3. The first-order valence-electron chi connectivity index (χ1n) is 6.84. The van der Waals surface area contributed by atoms with Crippen LogP contribution in [-0.4, -0.2) is 27.3 Å². The van der Waals surface area contributed by atoms with E-state index in [-0.39, 0.29) is 11.3 Å². The summed E-state index contributed by atoms with van der Waals surface area (Å²) in [5.74, 6) is -0.923. The average Bonchev–Trinajstić information content (AvgIpc) is 3.06. The van der Waals surface area contributed by atoms with E-state index >= 15 is 0 Å². The van der Waals surface area contributed by atoms with Crippen LogP contribution in [-0.2, 0) is 0 Å². The molecular weight excluding hydrogens is 332 g/mol. The molecule has 3 rings (SSSR count). The molecule has 120 valence electrons. The molecule has 0 saturated carbocycles. The molecule has 3 N–H and O–H groups in total. The second-order valence-corrected chi connectivity index (χ2v) is 5.19. The first-order chi connectivity index (χ1) is 11.6. The van der Waals surface area contributed by atoms with E-state index in [2.05, 4.69) is 15.4 Å². The van der Waals surface area contributed by atoms with Gasteiger partial charge in [-0.15, -0.1) is 0 Å². The zero-order chi connectivity index (χ0) is 17.1. The number of rotatable bonds is 4. The number of nitrogens with one attached hydrogen (secondary N) is 1. The lowest BCUT2D eigenvalue weighted by Gasteiger charge is -2.06. The van der Waals surface area contributed by atoms with Crippen LogP contribution in [0.25, 0.3) is 11.3 Å². The number of benzene rings is 2. The highest BCUT2D eigenvalue weighted by Gasteiger charge is 2.16. The van der Waals surface area contributed by atoms with Gasteiger partial charge in [0.05, 0.1) is 10.6 Å². The third kappa shape index (κ3) is 3.11. The van der Waals surface area contributed by atoms with Crippen LogP contribution >= 0.6 is 11.6 Å². The van der Waals surface area contributed by atoms with Crippen molar-refractivity contribution >= 4 is 23.5 Å². The molecule has 0 aliphatic heterocycles. The van der Waals surface area contributed by atoms with Crippen molar-refractivity contribution in [2.45, 2.75) is 0 Å². The molecule has 0 aliphatic rings. The number of amides is 1. The van der Waals surface area contributed by atoms with Gasteiger partial charge in [-0.3, -0.25) is 4.79 Å². The molecule has 0 radical (unpaired) electrons. The summed E-state index contributed by atoms with van der Waals surface area (Å²) in [6.45, 7) is 0. The Labute approximate surface area is 141 Å². The highest BCUT2D eigenvalue weighted by atomic mass is 35.5. The lowest BCUT2D eigenvalue weighted by atomic mass is 10.1. The number of hydrogen-bond acceptors (Lipinski definition) is 5. The smallest absolute Gasteiger partial charge is 0.345 e. The molecule has 2 aromatic carbocycles. The number of primary amides is 1. The van der Waals surface area contributed by atoms with E-state index in [4.69, 9.17) is 22.1 Å².